The minimum atomic E-state index is -0.0542. The summed E-state index contributed by atoms with van der Waals surface area (Å²) in [5.74, 6) is 1.45. The third-order valence-electron chi connectivity index (χ3n) is 4.21. The summed E-state index contributed by atoms with van der Waals surface area (Å²) in [4.78, 5) is 12.7. The van der Waals surface area contributed by atoms with Gasteiger partial charge in [-0.1, -0.05) is 6.07 Å². The number of ether oxygens (including phenoxy) is 2. The largest absolute Gasteiger partial charge is 0.486 e. The molecular weight excluding hydrogens is 292 g/mol. The van der Waals surface area contributed by atoms with Crippen LogP contribution in [0.4, 0.5) is 0 Å². The summed E-state index contributed by atoms with van der Waals surface area (Å²) >= 11 is 0. The lowest BCUT2D eigenvalue weighted by Crippen LogP contribution is -2.24. The van der Waals surface area contributed by atoms with Gasteiger partial charge in [-0.05, 0) is 37.1 Å². The molecule has 5 nitrogen and oxygen atoms in total. The number of pyridine rings is 1. The van der Waals surface area contributed by atoms with Crippen molar-refractivity contribution in [3.8, 4) is 28.8 Å². The molecule has 2 aliphatic rings. The molecule has 116 valence electrons. The fraction of sp³-hybridized carbons (Fsp3) is 0.333. The Balaban J connectivity index is 1.84. The van der Waals surface area contributed by atoms with Gasteiger partial charge in [-0.3, -0.25) is 4.79 Å². The molecule has 0 radical (unpaired) electrons. The highest BCUT2D eigenvalue weighted by atomic mass is 16.6. The van der Waals surface area contributed by atoms with Gasteiger partial charge in [-0.15, -0.1) is 0 Å². The van der Waals surface area contributed by atoms with Crippen LogP contribution < -0.4 is 15.0 Å². The molecule has 1 aromatic carbocycles. The summed E-state index contributed by atoms with van der Waals surface area (Å²) in [5, 5.41) is 8.88. The van der Waals surface area contributed by atoms with Crippen molar-refractivity contribution in [2.45, 2.75) is 25.3 Å². The van der Waals surface area contributed by atoms with Crippen LogP contribution in [0.15, 0.2) is 35.1 Å². The first kappa shape index (κ1) is 13.9. The van der Waals surface area contributed by atoms with Gasteiger partial charge in [0.1, 0.15) is 13.2 Å². The summed E-state index contributed by atoms with van der Waals surface area (Å²) in [6.45, 7) is 1.09. The van der Waals surface area contributed by atoms with Crippen LogP contribution in [0.2, 0.25) is 0 Å². The smallest absolute Gasteiger partial charge is 0.255 e. The molecule has 0 amide bonds. The van der Waals surface area contributed by atoms with E-state index in [9.17, 15) is 4.79 Å². The Labute approximate surface area is 133 Å². The highest BCUT2D eigenvalue weighted by Crippen LogP contribution is 2.39. The summed E-state index contributed by atoms with van der Waals surface area (Å²) in [5.41, 5.74) is 2.31. The first-order chi connectivity index (χ1) is 11.3. The van der Waals surface area contributed by atoms with E-state index >= 15 is 0 Å². The van der Waals surface area contributed by atoms with E-state index in [-0.39, 0.29) is 18.0 Å². The topological polar surface area (TPSA) is 64.2 Å². The monoisotopic (exact) mass is 308 g/mol. The SMILES string of the molecule is N#CCc1ccc(-c2ccc3c(c2)OCCO3)n(C2CC2)c1=O. The van der Waals surface area contributed by atoms with Gasteiger partial charge in [0.25, 0.3) is 5.56 Å². The number of hydrogen-bond donors (Lipinski definition) is 0. The molecule has 4 rings (SSSR count). The number of fused-ring (bicyclic) bond motifs is 1. The Morgan fingerprint density at radius 1 is 1.13 bits per heavy atom. The quantitative estimate of drug-likeness (QED) is 0.874. The molecule has 0 unspecified atom stereocenters. The molecule has 23 heavy (non-hydrogen) atoms. The summed E-state index contributed by atoms with van der Waals surface area (Å²) in [7, 11) is 0. The molecule has 0 N–H and O–H groups in total. The zero-order chi connectivity index (χ0) is 15.8. The lowest BCUT2D eigenvalue weighted by molar-refractivity contribution is 0.171. The van der Waals surface area contributed by atoms with Gasteiger partial charge in [0.05, 0.1) is 18.2 Å². The maximum atomic E-state index is 12.7. The normalized spacial score (nSPS) is 16.0. The van der Waals surface area contributed by atoms with Crippen molar-refractivity contribution in [1.82, 2.24) is 4.57 Å². The van der Waals surface area contributed by atoms with E-state index in [1.807, 2.05) is 28.8 Å². The van der Waals surface area contributed by atoms with Gasteiger partial charge in [-0.25, -0.2) is 0 Å². The Hall–Kier alpha value is -2.74. The van der Waals surface area contributed by atoms with Gasteiger partial charge < -0.3 is 14.0 Å². The lowest BCUT2D eigenvalue weighted by Gasteiger charge is -2.20. The molecule has 0 spiro atoms. The lowest BCUT2D eigenvalue weighted by atomic mass is 10.1. The van der Waals surface area contributed by atoms with Gasteiger partial charge in [-0.2, -0.15) is 5.26 Å². The van der Waals surface area contributed by atoms with Gasteiger partial charge in [0.15, 0.2) is 11.5 Å². The zero-order valence-electron chi connectivity index (χ0n) is 12.6. The standard InChI is InChI=1S/C18H16N2O3/c19-8-7-12-1-5-15(20(18(12)21)14-3-4-14)13-2-6-16-17(11-13)23-10-9-22-16/h1-2,5-6,11,14H,3-4,7,9-10H2. The highest BCUT2D eigenvalue weighted by Gasteiger charge is 2.28. The molecule has 1 aliphatic carbocycles. The van der Waals surface area contributed by atoms with Crippen LogP contribution in [0, 0.1) is 11.3 Å². The van der Waals surface area contributed by atoms with Crippen LogP contribution in [0.1, 0.15) is 24.4 Å². The summed E-state index contributed by atoms with van der Waals surface area (Å²) in [6.07, 6.45) is 2.16. The Morgan fingerprint density at radius 3 is 2.65 bits per heavy atom. The predicted octanol–water partition coefficient (Wildman–Crippen LogP) is 2.69. The van der Waals surface area contributed by atoms with Gasteiger partial charge in [0, 0.05) is 17.2 Å². The minimum absolute atomic E-state index is 0.0542. The average molecular weight is 308 g/mol. The number of nitriles is 1. The van der Waals surface area contributed by atoms with E-state index in [0.717, 1.165) is 29.8 Å². The summed E-state index contributed by atoms with van der Waals surface area (Å²) in [6, 6.07) is 11.7. The van der Waals surface area contributed by atoms with E-state index in [0.29, 0.717) is 24.5 Å². The fourth-order valence-electron chi connectivity index (χ4n) is 2.95. The first-order valence-electron chi connectivity index (χ1n) is 7.79. The molecule has 1 fully saturated rings. The van der Waals surface area contributed by atoms with Crippen LogP contribution in [-0.4, -0.2) is 17.8 Å². The average Bonchev–Trinajstić information content (AvgIpc) is 3.41. The number of benzene rings is 1. The van der Waals surface area contributed by atoms with E-state index < -0.39 is 0 Å². The van der Waals surface area contributed by atoms with Crippen molar-refractivity contribution in [2.75, 3.05) is 13.2 Å². The molecule has 1 saturated carbocycles. The molecule has 1 aromatic heterocycles. The maximum absolute atomic E-state index is 12.7. The molecular formula is C18H16N2O3. The van der Waals surface area contributed by atoms with E-state index in [1.165, 1.54) is 0 Å². The first-order valence-corrected chi connectivity index (χ1v) is 7.79. The van der Waals surface area contributed by atoms with Crippen LogP contribution >= 0.6 is 0 Å². The molecule has 1 aliphatic heterocycles. The second-order valence-corrected chi connectivity index (χ2v) is 5.84. The number of aromatic nitrogens is 1. The highest BCUT2D eigenvalue weighted by molar-refractivity contribution is 5.65. The Morgan fingerprint density at radius 2 is 1.91 bits per heavy atom. The molecule has 2 aromatic rings. The zero-order valence-corrected chi connectivity index (χ0v) is 12.6. The van der Waals surface area contributed by atoms with E-state index in [2.05, 4.69) is 6.07 Å². The fourth-order valence-corrected chi connectivity index (χ4v) is 2.95. The van der Waals surface area contributed by atoms with Crippen LogP contribution in [0.25, 0.3) is 11.3 Å². The number of nitrogens with zero attached hydrogens (tertiary/aromatic N) is 2. The maximum Gasteiger partial charge on any atom is 0.255 e. The molecule has 5 heteroatoms. The molecule has 0 atom stereocenters. The Bertz CT molecular complexity index is 860. The minimum Gasteiger partial charge on any atom is -0.486 e. The van der Waals surface area contributed by atoms with Crippen LogP contribution in [-0.2, 0) is 6.42 Å². The van der Waals surface area contributed by atoms with Crippen LogP contribution in [0.3, 0.4) is 0 Å². The van der Waals surface area contributed by atoms with Crippen molar-refractivity contribution in [3.05, 3.63) is 46.2 Å². The van der Waals surface area contributed by atoms with Crippen molar-refractivity contribution in [3.63, 3.8) is 0 Å². The van der Waals surface area contributed by atoms with Crippen molar-refractivity contribution in [2.24, 2.45) is 0 Å². The molecule has 0 saturated heterocycles. The second kappa shape index (κ2) is 5.47. The third kappa shape index (κ3) is 2.46. The van der Waals surface area contributed by atoms with E-state index in [4.69, 9.17) is 14.7 Å². The van der Waals surface area contributed by atoms with E-state index in [1.54, 1.807) is 6.07 Å². The Kier molecular flexibility index (Phi) is 3.30. The third-order valence-corrected chi connectivity index (χ3v) is 4.21. The number of rotatable bonds is 3. The molecule has 2 heterocycles. The second-order valence-electron chi connectivity index (χ2n) is 5.84. The molecule has 0 bridgehead atoms. The van der Waals surface area contributed by atoms with Gasteiger partial charge >= 0.3 is 0 Å². The summed E-state index contributed by atoms with van der Waals surface area (Å²) < 4.78 is 13.0. The predicted molar refractivity (Wildman–Crippen MR) is 84.7 cm³/mol. The van der Waals surface area contributed by atoms with Crippen molar-refractivity contribution >= 4 is 0 Å². The van der Waals surface area contributed by atoms with Gasteiger partial charge in [0.2, 0.25) is 0 Å². The van der Waals surface area contributed by atoms with Crippen LogP contribution in [0.5, 0.6) is 11.5 Å². The number of hydrogen-bond acceptors (Lipinski definition) is 4. The van der Waals surface area contributed by atoms with Crippen molar-refractivity contribution < 1.29 is 9.47 Å². The van der Waals surface area contributed by atoms with Crippen molar-refractivity contribution in [1.29, 1.82) is 5.26 Å².